The molecule has 0 spiro atoms. The second-order valence-corrected chi connectivity index (χ2v) is 7.55. The van der Waals surface area contributed by atoms with Gasteiger partial charge < -0.3 is 9.47 Å². The SMILES string of the molecule is COC(=O)C(C(=O)OC)/C(C)=C/C=C/C(C)=C/C=C1/C(C)=CCCC1(C)C. The molecule has 0 amide bonds. The van der Waals surface area contributed by atoms with Crippen LogP contribution in [0.2, 0.25) is 0 Å². The number of carbonyl (C=O) groups excluding carboxylic acids is 2. The van der Waals surface area contributed by atoms with Gasteiger partial charge in [-0.1, -0.05) is 61.4 Å². The number of esters is 2. The van der Waals surface area contributed by atoms with E-state index >= 15 is 0 Å². The number of carbonyl (C=O) groups is 2. The van der Waals surface area contributed by atoms with E-state index in [0.29, 0.717) is 5.57 Å². The summed E-state index contributed by atoms with van der Waals surface area (Å²) in [5.41, 5.74) is 4.54. The Balaban J connectivity index is 2.96. The summed E-state index contributed by atoms with van der Waals surface area (Å²) in [6, 6.07) is 0. The lowest BCUT2D eigenvalue weighted by molar-refractivity contribution is -0.156. The van der Waals surface area contributed by atoms with Crippen molar-refractivity contribution in [2.75, 3.05) is 14.2 Å². The molecule has 0 aromatic carbocycles. The maximum atomic E-state index is 11.8. The van der Waals surface area contributed by atoms with Crippen molar-refractivity contribution in [3.05, 3.63) is 58.7 Å². The third-order valence-corrected chi connectivity index (χ3v) is 4.93. The fourth-order valence-electron chi connectivity index (χ4n) is 3.21. The van der Waals surface area contributed by atoms with Crippen molar-refractivity contribution in [1.82, 2.24) is 0 Å². The zero-order valence-electron chi connectivity index (χ0n) is 17.6. The highest BCUT2D eigenvalue weighted by Gasteiger charge is 2.30. The molecule has 4 heteroatoms. The van der Waals surface area contributed by atoms with Crippen molar-refractivity contribution in [1.29, 1.82) is 0 Å². The van der Waals surface area contributed by atoms with E-state index in [1.54, 1.807) is 13.0 Å². The second kappa shape index (κ2) is 10.1. The lowest BCUT2D eigenvalue weighted by Gasteiger charge is -2.32. The Morgan fingerprint density at radius 2 is 1.70 bits per heavy atom. The van der Waals surface area contributed by atoms with Gasteiger partial charge in [-0.25, -0.2) is 0 Å². The van der Waals surface area contributed by atoms with Crippen molar-refractivity contribution in [3.8, 4) is 0 Å². The lowest BCUT2D eigenvalue weighted by Crippen LogP contribution is -2.27. The van der Waals surface area contributed by atoms with E-state index in [9.17, 15) is 9.59 Å². The van der Waals surface area contributed by atoms with E-state index in [0.717, 1.165) is 18.4 Å². The molecule has 0 unspecified atom stereocenters. The minimum absolute atomic E-state index is 0.185. The Morgan fingerprint density at radius 3 is 2.22 bits per heavy atom. The maximum Gasteiger partial charge on any atom is 0.324 e. The van der Waals surface area contributed by atoms with Gasteiger partial charge in [-0.2, -0.15) is 0 Å². The molecule has 0 N–H and O–H groups in total. The van der Waals surface area contributed by atoms with Crippen LogP contribution < -0.4 is 0 Å². The molecule has 0 fully saturated rings. The largest absolute Gasteiger partial charge is 0.468 e. The predicted molar refractivity (Wildman–Crippen MR) is 109 cm³/mol. The Bertz CT molecular complexity index is 699. The first-order chi connectivity index (χ1) is 12.6. The summed E-state index contributed by atoms with van der Waals surface area (Å²) in [7, 11) is 2.51. The highest BCUT2D eigenvalue weighted by molar-refractivity contribution is 5.98. The van der Waals surface area contributed by atoms with Gasteiger partial charge in [0.15, 0.2) is 5.92 Å². The lowest BCUT2D eigenvalue weighted by atomic mass is 9.73. The van der Waals surface area contributed by atoms with Crippen LogP contribution in [0.3, 0.4) is 0 Å². The first-order valence-electron chi connectivity index (χ1n) is 9.20. The van der Waals surface area contributed by atoms with Crippen LogP contribution in [-0.4, -0.2) is 26.2 Å². The number of rotatable bonds is 6. The monoisotopic (exact) mass is 372 g/mol. The molecule has 1 aliphatic rings. The third kappa shape index (κ3) is 6.38. The van der Waals surface area contributed by atoms with E-state index in [1.807, 2.05) is 19.1 Å². The molecule has 4 nitrogen and oxygen atoms in total. The summed E-state index contributed by atoms with van der Waals surface area (Å²) in [5, 5.41) is 0. The Morgan fingerprint density at radius 1 is 1.11 bits per heavy atom. The summed E-state index contributed by atoms with van der Waals surface area (Å²) in [5.74, 6) is -2.28. The molecule has 1 aliphatic carbocycles. The Labute approximate surface area is 163 Å². The number of hydrogen-bond acceptors (Lipinski definition) is 4. The Kier molecular flexibility index (Phi) is 8.48. The van der Waals surface area contributed by atoms with Crippen LogP contribution in [0.25, 0.3) is 0 Å². The summed E-state index contributed by atoms with van der Waals surface area (Å²) in [6.07, 6.45) is 14.4. The minimum atomic E-state index is -1.04. The van der Waals surface area contributed by atoms with Crippen molar-refractivity contribution in [3.63, 3.8) is 0 Å². The third-order valence-electron chi connectivity index (χ3n) is 4.93. The molecule has 148 valence electrons. The average Bonchev–Trinajstić information content (AvgIpc) is 2.60. The van der Waals surface area contributed by atoms with Crippen LogP contribution in [0, 0.1) is 11.3 Å². The van der Waals surface area contributed by atoms with Gasteiger partial charge in [0.05, 0.1) is 14.2 Å². The second-order valence-electron chi connectivity index (χ2n) is 7.55. The molecule has 0 saturated heterocycles. The molecule has 0 aromatic heterocycles. The molecule has 0 aromatic rings. The van der Waals surface area contributed by atoms with Gasteiger partial charge in [0.2, 0.25) is 0 Å². The number of ether oxygens (including phenoxy) is 2. The summed E-state index contributed by atoms with van der Waals surface area (Å²) >= 11 is 0. The maximum absolute atomic E-state index is 11.8. The van der Waals surface area contributed by atoms with E-state index in [4.69, 9.17) is 9.47 Å². The van der Waals surface area contributed by atoms with Gasteiger partial charge >= 0.3 is 11.9 Å². The molecule has 0 aliphatic heterocycles. The number of hydrogen-bond donors (Lipinski definition) is 0. The van der Waals surface area contributed by atoms with Crippen LogP contribution in [0.1, 0.15) is 47.5 Å². The predicted octanol–water partition coefficient (Wildman–Crippen LogP) is 5.09. The molecule has 27 heavy (non-hydrogen) atoms. The van der Waals surface area contributed by atoms with Crippen LogP contribution in [-0.2, 0) is 19.1 Å². The van der Waals surface area contributed by atoms with E-state index in [-0.39, 0.29) is 5.41 Å². The average molecular weight is 373 g/mol. The summed E-state index contributed by atoms with van der Waals surface area (Å²) in [4.78, 5) is 23.6. The molecule has 0 radical (unpaired) electrons. The van der Waals surface area contributed by atoms with Crippen molar-refractivity contribution in [2.45, 2.75) is 47.5 Å². The van der Waals surface area contributed by atoms with Gasteiger partial charge in [-0.15, -0.1) is 0 Å². The van der Waals surface area contributed by atoms with E-state index in [2.05, 4.69) is 39.0 Å². The van der Waals surface area contributed by atoms with Crippen LogP contribution in [0.15, 0.2) is 58.7 Å². The fraction of sp³-hybridized carbons (Fsp3) is 0.478. The normalized spacial score (nSPS) is 19.4. The van der Waals surface area contributed by atoms with Gasteiger partial charge in [0.25, 0.3) is 0 Å². The zero-order chi connectivity index (χ0) is 20.6. The topological polar surface area (TPSA) is 52.6 Å². The molecule has 0 saturated carbocycles. The van der Waals surface area contributed by atoms with Crippen LogP contribution in [0.5, 0.6) is 0 Å². The molecule has 0 heterocycles. The first-order valence-corrected chi connectivity index (χ1v) is 9.20. The van der Waals surface area contributed by atoms with Gasteiger partial charge in [-0.05, 0) is 50.2 Å². The molecular weight excluding hydrogens is 340 g/mol. The quantitative estimate of drug-likeness (QED) is 0.370. The first kappa shape index (κ1) is 22.7. The number of allylic oxidation sites excluding steroid dienone is 9. The van der Waals surface area contributed by atoms with Gasteiger partial charge in [0.1, 0.15) is 0 Å². The van der Waals surface area contributed by atoms with Gasteiger partial charge in [0, 0.05) is 0 Å². The minimum Gasteiger partial charge on any atom is -0.468 e. The number of methoxy groups -OCH3 is 2. The van der Waals surface area contributed by atoms with Crippen LogP contribution >= 0.6 is 0 Å². The fourth-order valence-corrected chi connectivity index (χ4v) is 3.21. The standard InChI is InChI=1S/C23H32O4/c1-16(13-14-19-17(2)12-9-15-23(19,4)5)10-8-11-18(3)20(21(24)26-6)22(25)27-7/h8,10-14,20H,9,15H2,1-7H3/b10-8+,16-13+,18-11+,19-14-. The van der Waals surface area contributed by atoms with Gasteiger partial charge in [-0.3, -0.25) is 9.59 Å². The molecule has 1 rings (SSSR count). The summed E-state index contributed by atoms with van der Waals surface area (Å²) < 4.78 is 9.38. The Hall–Kier alpha value is -2.36. The molecule has 0 bridgehead atoms. The summed E-state index contributed by atoms with van der Waals surface area (Å²) in [6.45, 7) is 10.4. The van der Waals surface area contributed by atoms with Crippen molar-refractivity contribution in [2.24, 2.45) is 11.3 Å². The van der Waals surface area contributed by atoms with Crippen LogP contribution in [0.4, 0.5) is 0 Å². The highest BCUT2D eigenvalue weighted by Crippen LogP contribution is 2.40. The zero-order valence-corrected chi connectivity index (χ0v) is 17.6. The smallest absolute Gasteiger partial charge is 0.324 e. The van der Waals surface area contributed by atoms with Crippen molar-refractivity contribution >= 4 is 11.9 Å². The van der Waals surface area contributed by atoms with Crippen molar-refractivity contribution < 1.29 is 19.1 Å². The molecular formula is C23H32O4. The highest BCUT2D eigenvalue weighted by atomic mass is 16.5. The molecule has 0 atom stereocenters. The van der Waals surface area contributed by atoms with E-state index < -0.39 is 17.9 Å². The van der Waals surface area contributed by atoms with E-state index in [1.165, 1.54) is 25.4 Å².